The minimum Gasteiger partial charge on any atom is -0.377 e. The standard InChI is InChI=1S/C17H26N2O2/c1-13(2)17(14-7-4-3-5-8-14)19-16(20)12-18-11-15-9-6-10-21-15/h3-5,7-8,13,15,17-18H,6,9-12H2,1-2H3,(H,19,20). The third-order valence-electron chi connectivity index (χ3n) is 3.82. The summed E-state index contributed by atoms with van der Waals surface area (Å²) in [5.74, 6) is 0.394. The normalized spacial score (nSPS) is 19.7. The summed E-state index contributed by atoms with van der Waals surface area (Å²) >= 11 is 0. The van der Waals surface area contributed by atoms with Gasteiger partial charge in [0.2, 0.25) is 5.91 Å². The smallest absolute Gasteiger partial charge is 0.234 e. The van der Waals surface area contributed by atoms with Crippen LogP contribution in [-0.4, -0.2) is 31.7 Å². The van der Waals surface area contributed by atoms with Crippen LogP contribution in [-0.2, 0) is 9.53 Å². The highest BCUT2D eigenvalue weighted by molar-refractivity contribution is 5.78. The maximum Gasteiger partial charge on any atom is 0.234 e. The first kappa shape index (κ1) is 16.0. The molecule has 2 unspecified atom stereocenters. The molecule has 0 aliphatic carbocycles. The van der Waals surface area contributed by atoms with Crippen LogP contribution in [0.4, 0.5) is 0 Å². The molecule has 4 heteroatoms. The molecule has 0 spiro atoms. The largest absolute Gasteiger partial charge is 0.377 e. The molecule has 1 heterocycles. The summed E-state index contributed by atoms with van der Waals surface area (Å²) in [6.07, 6.45) is 2.49. The maximum absolute atomic E-state index is 12.1. The molecule has 0 aromatic heterocycles. The lowest BCUT2D eigenvalue weighted by Gasteiger charge is -2.23. The van der Waals surface area contributed by atoms with Crippen molar-refractivity contribution in [3.8, 4) is 0 Å². The van der Waals surface area contributed by atoms with Crippen LogP contribution in [0.1, 0.15) is 38.3 Å². The van der Waals surface area contributed by atoms with Crippen LogP contribution >= 0.6 is 0 Å². The van der Waals surface area contributed by atoms with E-state index in [9.17, 15) is 4.79 Å². The molecule has 1 aliphatic heterocycles. The number of ether oxygens (including phenoxy) is 1. The van der Waals surface area contributed by atoms with E-state index in [1.807, 2.05) is 18.2 Å². The lowest BCUT2D eigenvalue weighted by molar-refractivity contribution is -0.121. The first-order valence-corrected chi connectivity index (χ1v) is 7.83. The second-order valence-corrected chi connectivity index (χ2v) is 5.97. The van der Waals surface area contributed by atoms with Gasteiger partial charge in [-0.05, 0) is 24.3 Å². The molecule has 1 aromatic rings. The summed E-state index contributed by atoms with van der Waals surface area (Å²) < 4.78 is 5.53. The minimum atomic E-state index is 0.0375. The molecule has 2 atom stereocenters. The first-order valence-electron chi connectivity index (χ1n) is 7.83. The van der Waals surface area contributed by atoms with Crippen LogP contribution in [0.25, 0.3) is 0 Å². The van der Waals surface area contributed by atoms with E-state index in [2.05, 4.69) is 36.6 Å². The zero-order valence-electron chi connectivity index (χ0n) is 13.0. The van der Waals surface area contributed by atoms with Gasteiger partial charge in [0, 0.05) is 13.2 Å². The van der Waals surface area contributed by atoms with Gasteiger partial charge >= 0.3 is 0 Å². The first-order chi connectivity index (χ1) is 10.2. The second kappa shape index (κ2) is 8.15. The van der Waals surface area contributed by atoms with E-state index in [4.69, 9.17) is 4.74 Å². The third kappa shape index (κ3) is 5.14. The van der Waals surface area contributed by atoms with Gasteiger partial charge in [-0.2, -0.15) is 0 Å². The van der Waals surface area contributed by atoms with Crippen LogP contribution in [0.2, 0.25) is 0 Å². The minimum absolute atomic E-state index is 0.0375. The summed E-state index contributed by atoms with van der Waals surface area (Å²) in [6.45, 7) is 6.19. The fourth-order valence-electron chi connectivity index (χ4n) is 2.67. The monoisotopic (exact) mass is 290 g/mol. The van der Waals surface area contributed by atoms with Crippen LogP contribution in [0, 0.1) is 5.92 Å². The Kier molecular flexibility index (Phi) is 6.21. The molecule has 0 bridgehead atoms. The third-order valence-corrected chi connectivity index (χ3v) is 3.82. The Labute approximate surface area is 127 Å². The van der Waals surface area contributed by atoms with E-state index >= 15 is 0 Å². The second-order valence-electron chi connectivity index (χ2n) is 5.97. The van der Waals surface area contributed by atoms with E-state index < -0.39 is 0 Å². The van der Waals surface area contributed by atoms with Gasteiger partial charge < -0.3 is 15.4 Å². The summed E-state index contributed by atoms with van der Waals surface area (Å²) in [5, 5.41) is 6.30. The predicted octanol–water partition coefficient (Wildman–Crippen LogP) is 2.27. The summed E-state index contributed by atoms with van der Waals surface area (Å²) in [4.78, 5) is 12.1. The van der Waals surface area contributed by atoms with Crippen molar-refractivity contribution in [2.75, 3.05) is 19.7 Å². The summed E-state index contributed by atoms with van der Waals surface area (Å²) in [6, 6.07) is 10.2. The number of hydrogen-bond acceptors (Lipinski definition) is 3. The number of carbonyl (C=O) groups is 1. The average molecular weight is 290 g/mol. The molecule has 1 amide bonds. The van der Waals surface area contributed by atoms with Crippen molar-refractivity contribution >= 4 is 5.91 Å². The number of nitrogens with one attached hydrogen (secondary N) is 2. The molecular formula is C17H26N2O2. The SMILES string of the molecule is CC(C)C(NC(=O)CNCC1CCCO1)c1ccccc1. The highest BCUT2D eigenvalue weighted by Gasteiger charge is 2.19. The Balaban J connectivity index is 1.78. The Morgan fingerprint density at radius 3 is 2.71 bits per heavy atom. The van der Waals surface area contributed by atoms with Crippen LogP contribution in [0.3, 0.4) is 0 Å². The van der Waals surface area contributed by atoms with E-state index in [1.54, 1.807) is 0 Å². The summed E-state index contributed by atoms with van der Waals surface area (Å²) in [7, 11) is 0. The van der Waals surface area contributed by atoms with Gasteiger partial charge in [-0.25, -0.2) is 0 Å². The van der Waals surface area contributed by atoms with E-state index in [0.717, 1.165) is 31.6 Å². The van der Waals surface area contributed by atoms with Crippen molar-refractivity contribution in [3.05, 3.63) is 35.9 Å². The number of amides is 1. The van der Waals surface area contributed by atoms with Gasteiger partial charge in [-0.15, -0.1) is 0 Å². The number of rotatable bonds is 7. The maximum atomic E-state index is 12.1. The molecule has 2 N–H and O–H groups in total. The van der Waals surface area contributed by atoms with Crippen LogP contribution < -0.4 is 10.6 Å². The zero-order chi connectivity index (χ0) is 15.1. The molecule has 1 fully saturated rings. The van der Waals surface area contributed by atoms with Crippen molar-refractivity contribution < 1.29 is 9.53 Å². The lowest BCUT2D eigenvalue weighted by atomic mass is 9.96. The fraction of sp³-hybridized carbons (Fsp3) is 0.588. The Bertz CT molecular complexity index is 428. The Hall–Kier alpha value is -1.39. The van der Waals surface area contributed by atoms with Crippen molar-refractivity contribution in [2.24, 2.45) is 5.92 Å². The van der Waals surface area contributed by atoms with E-state index in [-0.39, 0.29) is 18.1 Å². The zero-order valence-corrected chi connectivity index (χ0v) is 13.0. The van der Waals surface area contributed by atoms with Gasteiger partial charge in [0.15, 0.2) is 0 Å². The van der Waals surface area contributed by atoms with Crippen molar-refractivity contribution in [1.29, 1.82) is 0 Å². The topological polar surface area (TPSA) is 50.4 Å². The van der Waals surface area contributed by atoms with E-state index in [0.29, 0.717) is 12.5 Å². The average Bonchev–Trinajstić information content (AvgIpc) is 2.98. The molecule has 1 aliphatic rings. The van der Waals surface area contributed by atoms with Gasteiger partial charge in [0.25, 0.3) is 0 Å². The molecule has 21 heavy (non-hydrogen) atoms. The Morgan fingerprint density at radius 1 is 1.33 bits per heavy atom. The molecule has 0 saturated carbocycles. The van der Waals surface area contributed by atoms with Gasteiger partial charge in [-0.1, -0.05) is 44.2 Å². The van der Waals surface area contributed by atoms with Crippen LogP contribution in [0.15, 0.2) is 30.3 Å². The molecule has 0 radical (unpaired) electrons. The Morgan fingerprint density at radius 2 is 2.10 bits per heavy atom. The molecule has 116 valence electrons. The quantitative estimate of drug-likeness (QED) is 0.810. The fourth-order valence-corrected chi connectivity index (χ4v) is 2.67. The van der Waals surface area contributed by atoms with Crippen LogP contribution in [0.5, 0.6) is 0 Å². The van der Waals surface area contributed by atoms with Gasteiger partial charge in [0.05, 0.1) is 18.7 Å². The van der Waals surface area contributed by atoms with Crippen molar-refractivity contribution in [1.82, 2.24) is 10.6 Å². The molecule has 1 saturated heterocycles. The predicted molar refractivity (Wildman–Crippen MR) is 84.0 cm³/mol. The summed E-state index contributed by atoms with van der Waals surface area (Å²) in [5.41, 5.74) is 1.15. The number of benzene rings is 1. The number of hydrogen-bond donors (Lipinski definition) is 2. The van der Waals surface area contributed by atoms with Crippen molar-refractivity contribution in [2.45, 2.75) is 38.8 Å². The highest BCUT2D eigenvalue weighted by Crippen LogP contribution is 2.20. The van der Waals surface area contributed by atoms with Crippen molar-refractivity contribution in [3.63, 3.8) is 0 Å². The number of carbonyl (C=O) groups excluding carboxylic acids is 1. The molecular weight excluding hydrogens is 264 g/mol. The highest BCUT2D eigenvalue weighted by atomic mass is 16.5. The van der Waals surface area contributed by atoms with Gasteiger partial charge in [0.1, 0.15) is 0 Å². The lowest BCUT2D eigenvalue weighted by Crippen LogP contribution is -2.40. The van der Waals surface area contributed by atoms with E-state index in [1.165, 1.54) is 0 Å². The molecule has 1 aromatic carbocycles. The molecule has 2 rings (SSSR count). The molecule has 4 nitrogen and oxygen atoms in total. The van der Waals surface area contributed by atoms with Gasteiger partial charge in [-0.3, -0.25) is 4.79 Å².